The van der Waals surface area contributed by atoms with Crippen LogP contribution in [-0.4, -0.2) is 25.5 Å². The number of halogens is 1. The Morgan fingerprint density at radius 1 is 1.19 bits per heavy atom. The molecule has 0 N–H and O–H groups in total. The number of hydrogen-bond donors (Lipinski definition) is 0. The molecule has 0 saturated heterocycles. The number of esters is 1. The minimum absolute atomic E-state index is 0.236. The average Bonchev–Trinajstić information content (AvgIpc) is 2.67. The van der Waals surface area contributed by atoms with Crippen molar-refractivity contribution in [3.05, 3.63) is 70.8 Å². The van der Waals surface area contributed by atoms with Gasteiger partial charge in [0.2, 0.25) is 0 Å². The fourth-order valence-corrected chi connectivity index (χ4v) is 3.64. The molecule has 0 heterocycles. The molecule has 0 fully saturated rings. The Bertz CT molecular complexity index is 870. The Labute approximate surface area is 163 Å². The lowest BCUT2D eigenvalue weighted by Crippen LogP contribution is -2.34. The highest BCUT2D eigenvalue weighted by molar-refractivity contribution is 6.30. The molecule has 0 aromatic heterocycles. The molecule has 0 aliphatic heterocycles. The summed E-state index contributed by atoms with van der Waals surface area (Å²) in [4.78, 5) is 25.3. The molecule has 2 aromatic rings. The maximum absolute atomic E-state index is 12.9. The Kier molecular flexibility index (Phi) is 5.97. The lowest BCUT2D eigenvalue weighted by molar-refractivity contribution is -0.151. The second-order valence-corrected chi connectivity index (χ2v) is 6.83. The minimum Gasteiger partial charge on any atom is -0.497 e. The number of methoxy groups -OCH3 is 1. The summed E-state index contributed by atoms with van der Waals surface area (Å²) in [5, 5.41) is 0.572. The highest BCUT2D eigenvalue weighted by Crippen LogP contribution is 2.41. The van der Waals surface area contributed by atoms with Crippen LogP contribution in [0.25, 0.3) is 5.57 Å². The summed E-state index contributed by atoms with van der Waals surface area (Å²) in [5.41, 5.74) is 2.67. The van der Waals surface area contributed by atoms with Gasteiger partial charge in [-0.3, -0.25) is 9.59 Å². The summed E-state index contributed by atoms with van der Waals surface area (Å²) < 4.78 is 10.4. The van der Waals surface area contributed by atoms with Crippen molar-refractivity contribution in [3.8, 4) is 5.75 Å². The molecule has 1 aliphatic rings. The number of carbonyl (C=O) groups excluding carboxylic acids is 2. The molecule has 2 aromatic carbocycles. The van der Waals surface area contributed by atoms with Gasteiger partial charge in [-0.05, 0) is 60.4 Å². The zero-order valence-electron chi connectivity index (χ0n) is 15.3. The molecule has 27 heavy (non-hydrogen) atoms. The van der Waals surface area contributed by atoms with Gasteiger partial charge >= 0.3 is 5.97 Å². The van der Waals surface area contributed by atoms with Crippen molar-refractivity contribution in [1.82, 2.24) is 0 Å². The van der Waals surface area contributed by atoms with Crippen molar-refractivity contribution in [2.24, 2.45) is 5.92 Å². The van der Waals surface area contributed by atoms with E-state index in [1.807, 2.05) is 42.5 Å². The van der Waals surface area contributed by atoms with E-state index >= 15 is 0 Å². The monoisotopic (exact) mass is 384 g/mol. The Balaban J connectivity index is 2.00. The predicted molar refractivity (Wildman–Crippen MR) is 105 cm³/mol. The third-order valence-electron chi connectivity index (χ3n) is 4.74. The number of hydrogen-bond acceptors (Lipinski definition) is 4. The SMILES string of the molecule is CCOC(=O)[C@@H]1C(=O)C=C(c2ccc(OC)cc2)C[C@H]1c1cccc(Cl)c1. The molecular formula is C22H21ClO4. The van der Waals surface area contributed by atoms with Crippen molar-refractivity contribution in [2.45, 2.75) is 19.3 Å². The summed E-state index contributed by atoms with van der Waals surface area (Å²) in [5.74, 6) is -1.16. The molecule has 0 amide bonds. The second-order valence-electron chi connectivity index (χ2n) is 6.40. The van der Waals surface area contributed by atoms with Crippen LogP contribution in [0.1, 0.15) is 30.4 Å². The first kappa shape index (κ1) is 19.2. The average molecular weight is 385 g/mol. The third kappa shape index (κ3) is 4.22. The number of rotatable bonds is 5. The van der Waals surface area contributed by atoms with Gasteiger partial charge < -0.3 is 9.47 Å². The molecule has 0 bridgehead atoms. The predicted octanol–water partition coefficient (Wildman–Crippen LogP) is 4.67. The van der Waals surface area contributed by atoms with Gasteiger partial charge in [-0.1, -0.05) is 35.9 Å². The highest BCUT2D eigenvalue weighted by Gasteiger charge is 2.39. The van der Waals surface area contributed by atoms with Gasteiger partial charge in [0.15, 0.2) is 5.78 Å². The van der Waals surface area contributed by atoms with Crippen LogP contribution < -0.4 is 4.74 Å². The summed E-state index contributed by atoms with van der Waals surface area (Å²) in [6.45, 7) is 1.97. The van der Waals surface area contributed by atoms with Gasteiger partial charge in [-0.15, -0.1) is 0 Å². The van der Waals surface area contributed by atoms with Crippen molar-refractivity contribution in [3.63, 3.8) is 0 Å². The van der Waals surface area contributed by atoms with E-state index in [0.29, 0.717) is 11.4 Å². The number of ether oxygens (including phenoxy) is 2. The fraction of sp³-hybridized carbons (Fsp3) is 0.273. The van der Waals surface area contributed by atoms with Crippen molar-refractivity contribution < 1.29 is 19.1 Å². The first-order valence-electron chi connectivity index (χ1n) is 8.84. The van der Waals surface area contributed by atoms with Crippen molar-refractivity contribution >= 4 is 28.9 Å². The molecule has 2 atom stereocenters. The standard InChI is InChI=1S/C22H21ClO4/c1-3-27-22(25)21-19(15-5-4-6-17(23)11-15)12-16(13-20(21)24)14-7-9-18(26-2)10-8-14/h4-11,13,19,21H,3,12H2,1-2H3/t19-,21-/m0/s1. The molecule has 0 radical (unpaired) electrons. The molecule has 3 rings (SSSR count). The second kappa shape index (κ2) is 8.40. The first-order chi connectivity index (χ1) is 13.0. The number of allylic oxidation sites excluding steroid dienone is 2. The molecule has 5 heteroatoms. The third-order valence-corrected chi connectivity index (χ3v) is 4.98. The lowest BCUT2D eigenvalue weighted by Gasteiger charge is -2.29. The van der Waals surface area contributed by atoms with Crippen LogP contribution in [0.2, 0.25) is 5.02 Å². The molecule has 0 spiro atoms. The molecule has 140 valence electrons. The quantitative estimate of drug-likeness (QED) is 0.555. The maximum atomic E-state index is 12.9. The van der Waals surface area contributed by atoms with Crippen LogP contribution in [-0.2, 0) is 14.3 Å². The Hall–Kier alpha value is -2.59. The van der Waals surface area contributed by atoms with Crippen molar-refractivity contribution in [1.29, 1.82) is 0 Å². The van der Waals surface area contributed by atoms with Crippen LogP contribution in [0.15, 0.2) is 54.6 Å². The number of carbonyl (C=O) groups is 2. The molecular weight excluding hydrogens is 364 g/mol. The molecule has 0 unspecified atom stereocenters. The normalized spacial score (nSPS) is 19.4. The van der Waals surface area contributed by atoms with E-state index in [4.69, 9.17) is 21.1 Å². The van der Waals surface area contributed by atoms with E-state index in [9.17, 15) is 9.59 Å². The summed E-state index contributed by atoms with van der Waals surface area (Å²) >= 11 is 6.15. The van der Waals surface area contributed by atoms with Crippen LogP contribution in [0.3, 0.4) is 0 Å². The van der Waals surface area contributed by atoms with E-state index in [0.717, 1.165) is 22.4 Å². The van der Waals surface area contributed by atoms with Gasteiger partial charge in [-0.2, -0.15) is 0 Å². The zero-order chi connectivity index (χ0) is 19.4. The van der Waals surface area contributed by atoms with Crippen molar-refractivity contribution in [2.75, 3.05) is 13.7 Å². The van der Waals surface area contributed by atoms with E-state index in [2.05, 4.69) is 0 Å². The minimum atomic E-state index is -0.856. The Morgan fingerprint density at radius 3 is 2.56 bits per heavy atom. The summed E-state index contributed by atoms with van der Waals surface area (Å²) in [7, 11) is 1.61. The molecule has 1 aliphatic carbocycles. The van der Waals surface area contributed by atoms with E-state index in [1.54, 1.807) is 26.2 Å². The highest BCUT2D eigenvalue weighted by atomic mass is 35.5. The van der Waals surface area contributed by atoms with Crippen LogP contribution >= 0.6 is 11.6 Å². The van der Waals surface area contributed by atoms with Crippen LogP contribution in [0.4, 0.5) is 0 Å². The van der Waals surface area contributed by atoms with Gasteiger partial charge in [0.1, 0.15) is 11.7 Å². The Morgan fingerprint density at radius 2 is 1.93 bits per heavy atom. The smallest absolute Gasteiger partial charge is 0.317 e. The molecule has 0 saturated carbocycles. The first-order valence-corrected chi connectivity index (χ1v) is 9.22. The zero-order valence-corrected chi connectivity index (χ0v) is 16.0. The summed E-state index contributed by atoms with van der Waals surface area (Å²) in [6, 6.07) is 14.8. The number of ketones is 1. The largest absolute Gasteiger partial charge is 0.497 e. The van der Waals surface area contributed by atoms with E-state index in [-0.39, 0.29) is 18.3 Å². The van der Waals surface area contributed by atoms with Gasteiger partial charge in [0, 0.05) is 10.9 Å². The molecule has 4 nitrogen and oxygen atoms in total. The van der Waals surface area contributed by atoms with Gasteiger partial charge in [-0.25, -0.2) is 0 Å². The van der Waals surface area contributed by atoms with Gasteiger partial charge in [0.05, 0.1) is 13.7 Å². The maximum Gasteiger partial charge on any atom is 0.317 e. The fourth-order valence-electron chi connectivity index (χ4n) is 3.44. The topological polar surface area (TPSA) is 52.6 Å². The van der Waals surface area contributed by atoms with Crippen LogP contribution in [0.5, 0.6) is 5.75 Å². The van der Waals surface area contributed by atoms with Crippen LogP contribution in [0, 0.1) is 5.92 Å². The van der Waals surface area contributed by atoms with E-state index in [1.165, 1.54) is 0 Å². The van der Waals surface area contributed by atoms with Gasteiger partial charge in [0.25, 0.3) is 0 Å². The number of benzene rings is 2. The lowest BCUT2D eigenvalue weighted by atomic mass is 9.73. The summed E-state index contributed by atoms with van der Waals surface area (Å²) in [6.07, 6.45) is 2.10. The van der Waals surface area contributed by atoms with E-state index < -0.39 is 11.9 Å².